The fraction of sp³-hybridized carbons (Fsp3) is 0.273. The topological polar surface area (TPSA) is 76.1 Å². The fourth-order valence-corrected chi connectivity index (χ4v) is 1.61. The van der Waals surface area contributed by atoms with Crippen LogP contribution in [0.5, 0.6) is 0 Å². The third-order valence-electron chi connectivity index (χ3n) is 2.20. The van der Waals surface area contributed by atoms with Crippen LogP contribution in [-0.2, 0) is 22.5 Å². The number of methoxy groups -OCH3 is 1. The lowest BCUT2D eigenvalue weighted by molar-refractivity contribution is -0.139. The van der Waals surface area contributed by atoms with E-state index in [2.05, 4.69) is 4.74 Å². The highest BCUT2D eigenvalue weighted by molar-refractivity contribution is 6.32. The molecule has 84 valence electrons. The van der Waals surface area contributed by atoms with Crippen LogP contribution in [0.25, 0.3) is 0 Å². The summed E-state index contributed by atoms with van der Waals surface area (Å²) >= 11 is 6.01. The molecule has 4 nitrogen and oxygen atoms in total. The molecule has 16 heavy (non-hydrogen) atoms. The van der Waals surface area contributed by atoms with Gasteiger partial charge in [0, 0.05) is 6.54 Å². The lowest BCUT2D eigenvalue weighted by Crippen LogP contribution is -2.07. The van der Waals surface area contributed by atoms with E-state index in [-0.39, 0.29) is 18.0 Å². The third kappa shape index (κ3) is 2.51. The van der Waals surface area contributed by atoms with Crippen molar-refractivity contribution >= 4 is 17.6 Å². The van der Waals surface area contributed by atoms with Crippen molar-refractivity contribution in [1.29, 1.82) is 5.26 Å². The van der Waals surface area contributed by atoms with Crippen molar-refractivity contribution < 1.29 is 9.53 Å². The van der Waals surface area contributed by atoms with Crippen molar-refractivity contribution in [2.45, 2.75) is 13.0 Å². The van der Waals surface area contributed by atoms with E-state index in [1.165, 1.54) is 7.11 Å². The van der Waals surface area contributed by atoms with Gasteiger partial charge < -0.3 is 10.5 Å². The summed E-state index contributed by atoms with van der Waals surface area (Å²) in [6.07, 6.45) is 0.0505. The summed E-state index contributed by atoms with van der Waals surface area (Å²) in [6, 6.07) is 5.36. The highest BCUT2D eigenvalue weighted by atomic mass is 35.5. The molecule has 0 atom stereocenters. The van der Waals surface area contributed by atoms with E-state index in [1.807, 2.05) is 6.07 Å². The SMILES string of the molecule is COC(=O)Cc1ccc(CN)c(C#N)c1Cl. The number of rotatable bonds is 3. The summed E-state index contributed by atoms with van der Waals surface area (Å²) < 4.78 is 4.53. The second kappa shape index (κ2) is 5.50. The first-order valence-electron chi connectivity index (χ1n) is 4.61. The molecule has 0 aliphatic heterocycles. The molecule has 1 aromatic carbocycles. The number of hydrogen-bond donors (Lipinski definition) is 1. The fourth-order valence-electron chi connectivity index (χ4n) is 1.31. The van der Waals surface area contributed by atoms with E-state index >= 15 is 0 Å². The van der Waals surface area contributed by atoms with E-state index < -0.39 is 5.97 Å². The monoisotopic (exact) mass is 238 g/mol. The predicted molar refractivity (Wildman–Crippen MR) is 59.8 cm³/mol. The van der Waals surface area contributed by atoms with Gasteiger partial charge in [-0.1, -0.05) is 23.7 Å². The standard InChI is InChI=1S/C11H11ClN2O2/c1-16-10(15)4-7-2-3-8(5-13)9(6-14)11(7)12/h2-3H,4-5,13H2,1H3. The number of hydrogen-bond acceptors (Lipinski definition) is 4. The van der Waals surface area contributed by atoms with Crippen LogP contribution in [0.2, 0.25) is 5.02 Å². The van der Waals surface area contributed by atoms with Crippen LogP contribution in [0.3, 0.4) is 0 Å². The molecule has 0 fully saturated rings. The van der Waals surface area contributed by atoms with Crippen LogP contribution in [0.4, 0.5) is 0 Å². The normalized spacial score (nSPS) is 9.62. The van der Waals surface area contributed by atoms with Crippen molar-refractivity contribution in [3.05, 3.63) is 33.8 Å². The Morgan fingerprint density at radius 1 is 1.56 bits per heavy atom. The molecule has 0 aliphatic rings. The van der Waals surface area contributed by atoms with Gasteiger partial charge in [0.25, 0.3) is 0 Å². The van der Waals surface area contributed by atoms with E-state index in [1.54, 1.807) is 12.1 Å². The highest BCUT2D eigenvalue weighted by Crippen LogP contribution is 2.24. The Balaban J connectivity index is 3.15. The first-order valence-corrected chi connectivity index (χ1v) is 4.99. The molecule has 0 radical (unpaired) electrons. The number of ether oxygens (including phenoxy) is 1. The number of nitriles is 1. The zero-order valence-electron chi connectivity index (χ0n) is 8.79. The van der Waals surface area contributed by atoms with Crippen LogP contribution in [0.15, 0.2) is 12.1 Å². The lowest BCUT2D eigenvalue weighted by Gasteiger charge is -2.08. The van der Waals surface area contributed by atoms with Gasteiger partial charge in [-0.05, 0) is 11.1 Å². The van der Waals surface area contributed by atoms with Crippen molar-refractivity contribution in [2.75, 3.05) is 7.11 Å². The molecule has 0 amide bonds. The molecule has 1 rings (SSSR count). The van der Waals surface area contributed by atoms with Crippen LogP contribution < -0.4 is 5.73 Å². The lowest BCUT2D eigenvalue weighted by atomic mass is 10.0. The zero-order valence-corrected chi connectivity index (χ0v) is 9.54. The number of halogens is 1. The van der Waals surface area contributed by atoms with Gasteiger partial charge in [0.05, 0.1) is 24.1 Å². The Bertz CT molecular complexity index is 452. The van der Waals surface area contributed by atoms with Crippen LogP contribution >= 0.6 is 11.6 Å². The Hall–Kier alpha value is -1.57. The summed E-state index contributed by atoms with van der Waals surface area (Å²) in [5.74, 6) is -0.397. The maximum absolute atomic E-state index is 11.1. The van der Waals surface area contributed by atoms with Gasteiger partial charge in [-0.3, -0.25) is 4.79 Å². The summed E-state index contributed by atoms with van der Waals surface area (Å²) in [5.41, 5.74) is 7.04. The van der Waals surface area contributed by atoms with Gasteiger partial charge in [0.2, 0.25) is 0 Å². The molecule has 0 saturated carbocycles. The molecule has 0 aromatic heterocycles. The predicted octanol–water partition coefficient (Wildman–Crippen LogP) is 1.39. The number of nitrogens with zero attached hydrogens (tertiary/aromatic N) is 1. The molecular formula is C11H11ClN2O2. The Labute approximate surface area is 98.6 Å². The average Bonchev–Trinajstić information content (AvgIpc) is 2.31. The molecule has 0 heterocycles. The second-order valence-electron chi connectivity index (χ2n) is 3.14. The summed E-state index contributed by atoms with van der Waals surface area (Å²) in [5, 5.41) is 9.21. The summed E-state index contributed by atoms with van der Waals surface area (Å²) in [7, 11) is 1.30. The van der Waals surface area contributed by atoms with Crippen molar-refractivity contribution in [2.24, 2.45) is 5.73 Å². The smallest absolute Gasteiger partial charge is 0.310 e. The van der Waals surface area contributed by atoms with Crippen molar-refractivity contribution in [1.82, 2.24) is 0 Å². The third-order valence-corrected chi connectivity index (χ3v) is 2.63. The van der Waals surface area contributed by atoms with E-state index in [0.29, 0.717) is 16.7 Å². The molecule has 0 saturated heterocycles. The Morgan fingerprint density at radius 2 is 2.19 bits per heavy atom. The van der Waals surface area contributed by atoms with Crippen molar-refractivity contribution in [3.8, 4) is 6.07 Å². The molecule has 0 unspecified atom stereocenters. The van der Waals surface area contributed by atoms with Gasteiger partial charge >= 0.3 is 5.97 Å². The molecule has 0 bridgehead atoms. The molecule has 2 N–H and O–H groups in total. The minimum absolute atomic E-state index is 0.0505. The average molecular weight is 239 g/mol. The number of esters is 1. The van der Waals surface area contributed by atoms with Gasteiger partial charge in [-0.25, -0.2) is 0 Å². The van der Waals surface area contributed by atoms with Crippen molar-refractivity contribution in [3.63, 3.8) is 0 Å². The van der Waals surface area contributed by atoms with E-state index in [4.69, 9.17) is 22.6 Å². The maximum Gasteiger partial charge on any atom is 0.310 e. The Morgan fingerprint density at radius 3 is 2.69 bits per heavy atom. The van der Waals surface area contributed by atoms with Gasteiger partial charge in [0.15, 0.2) is 0 Å². The Kier molecular flexibility index (Phi) is 4.29. The minimum atomic E-state index is -0.397. The van der Waals surface area contributed by atoms with E-state index in [0.717, 1.165) is 0 Å². The quantitative estimate of drug-likeness (QED) is 0.808. The second-order valence-corrected chi connectivity index (χ2v) is 3.52. The first kappa shape index (κ1) is 12.5. The number of carbonyl (C=O) groups is 1. The van der Waals surface area contributed by atoms with Crippen LogP contribution in [0, 0.1) is 11.3 Å². The maximum atomic E-state index is 11.1. The summed E-state index contributed by atoms with van der Waals surface area (Å²) in [4.78, 5) is 11.1. The number of nitrogens with two attached hydrogens (primary N) is 1. The molecular weight excluding hydrogens is 228 g/mol. The number of carbonyl (C=O) groups excluding carboxylic acids is 1. The molecule has 1 aromatic rings. The largest absolute Gasteiger partial charge is 0.469 e. The molecule has 0 spiro atoms. The highest BCUT2D eigenvalue weighted by Gasteiger charge is 2.13. The van der Waals surface area contributed by atoms with Gasteiger partial charge in [-0.2, -0.15) is 5.26 Å². The zero-order chi connectivity index (χ0) is 12.1. The minimum Gasteiger partial charge on any atom is -0.469 e. The first-order chi connectivity index (χ1) is 7.63. The summed E-state index contributed by atoms with van der Waals surface area (Å²) in [6.45, 7) is 0.237. The molecule has 5 heteroatoms. The van der Waals surface area contributed by atoms with E-state index in [9.17, 15) is 4.79 Å². The van der Waals surface area contributed by atoms with Gasteiger partial charge in [-0.15, -0.1) is 0 Å². The van der Waals surface area contributed by atoms with Gasteiger partial charge in [0.1, 0.15) is 6.07 Å². The molecule has 0 aliphatic carbocycles. The van der Waals surface area contributed by atoms with Crippen LogP contribution in [0.1, 0.15) is 16.7 Å². The van der Waals surface area contributed by atoms with Crippen LogP contribution in [-0.4, -0.2) is 13.1 Å². The number of benzene rings is 1.